The molecule has 6 atom stereocenters. The third kappa shape index (κ3) is 7.57. The van der Waals surface area contributed by atoms with Crippen molar-refractivity contribution < 1.29 is 33.4 Å². The van der Waals surface area contributed by atoms with Crippen molar-refractivity contribution in [3.05, 3.63) is 114 Å². The number of nitrogens with zero attached hydrogens (tertiary/aromatic N) is 5. The number of H-pyrrole nitrogens is 2. The lowest BCUT2D eigenvalue weighted by Gasteiger charge is -2.38. The summed E-state index contributed by atoms with van der Waals surface area (Å²) in [5.74, 6) is 8.18. The summed E-state index contributed by atoms with van der Waals surface area (Å²) in [6, 6.07) is 25.6. The fraction of sp³-hybridized carbons (Fsp3) is 0.360. The Balaban J connectivity index is 0.869. The average Bonchev–Trinajstić information content (AvgIpc) is 4.21. The van der Waals surface area contributed by atoms with E-state index in [0.717, 1.165) is 98.8 Å². The molecule has 10 rings (SSSR count). The number of carbonyl (C=O) groups is 4. The number of nitrogens with two attached hydrogens (primary N) is 1. The number of imidazole rings is 2. The van der Waals surface area contributed by atoms with Gasteiger partial charge in [0.2, 0.25) is 5.91 Å². The topological polar surface area (TPSA) is 201 Å². The van der Waals surface area contributed by atoms with Gasteiger partial charge in [0.1, 0.15) is 30.0 Å². The number of hydrogen-bond donors (Lipinski definition) is 4. The molecule has 4 aromatic carbocycles. The Labute approximate surface area is 381 Å². The fourth-order valence-electron chi connectivity index (χ4n) is 10.6. The predicted octanol–water partition coefficient (Wildman–Crippen LogP) is 7.96. The van der Waals surface area contributed by atoms with Gasteiger partial charge in [-0.05, 0) is 102 Å². The summed E-state index contributed by atoms with van der Waals surface area (Å²) in [5, 5.41) is 3.59. The van der Waals surface area contributed by atoms with Crippen molar-refractivity contribution in [2.24, 2.45) is 17.7 Å². The zero-order chi connectivity index (χ0) is 45.8. The minimum Gasteiger partial charge on any atom is -0.488 e. The lowest BCUT2D eigenvalue weighted by molar-refractivity contribution is -0.141. The van der Waals surface area contributed by atoms with Crippen molar-refractivity contribution in [2.45, 2.75) is 82.8 Å². The van der Waals surface area contributed by atoms with Gasteiger partial charge in [-0.1, -0.05) is 68.4 Å². The summed E-state index contributed by atoms with van der Waals surface area (Å²) in [6.07, 6.45) is 4.68. The maximum atomic E-state index is 14.6. The Kier molecular flexibility index (Phi) is 11.2. The van der Waals surface area contributed by atoms with Crippen LogP contribution in [-0.2, 0) is 25.7 Å². The van der Waals surface area contributed by atoms with E-state index in [1.54, 1.807) is 23.2 Å². The summed E-state index contributed by atoms with van der Waals surface area (Å²) < 4.78 is 16.1. The monoisotopic (exact) mass is 891 g/mol. The number of nitrogens with one attached hydrogen (secondary N) is 3. The number of hydrogen-bond acceptors (Lipinski definition) is 10. The van der Waals surface area contributed by atoms with E-state index < -0.39 is 24.3 Å². The summed E-state index contributed by atoms with van der Waals surface area (Å²) >= 11 is 0. The Morgan fingerprint density at radius 3 is 2.42 bits per heavy atom. The highest BCUT2D eigenvalue weighted by Gasteiger charge is 2.52. The number of ether oxygens (including phenoxy) is 3. The largest absolute Gasteiger partial charge is 0.488 e. The van der Waals surface area contributed by atoms with E-state index >= 15 is 0 Å². The number of methoxy groups -OCH3 is 2. The van der Waals surface area contributed by atoms with Gasteiger partial charge in [0.25, 0.3) is 5.91 Å². The Hall–Kier alpha value is -7.20. The molecule has 4 aliphatic rings. The van der Waals surface area contributed by atoms with Crippen LogP contribution in [0.25, 0.3) is 44.5 Å². The molecule has 3 aliphatic heterocycles. The number of likely N-dealkylation sites (tertiary alicyclic amines) is 2. The molecule has 0 unspecified atom stereocenters. The molecule has 16 nitrogen and oxygen atoms in total. The molecule has 66 heavy (non-hydrogen) atoms. The molecule has 1 aliphatic carbocycles. The second-order valence-electron chi connectivity index (χ2n) is 18.1. The number of benzene rings is 4. The van der Waals surface area contributed by atoms with Gasteiger partial charge in [-0.2, -0.15) is 0 Å². The summed E-state index contributed by atoms with van der Waals surface area (Å²) in [5.41, 5.74) is 9.22. The van der Waals surface area contributed by atoms with Crippen molar-refractivity contribution >= 4 is 35.0 Å². The van der Waals surface area contributed by atoms with Crippen LogP contribution in [0.4, 0.5) is 9.59 Å². The van der Waals surface area contributed by atoms with Crippen LogP contribution >= 0.6 is 0 Å². The van der Waals surface area contributed by atoms with E-state index in [1.807, 2.05) is 49.1 Å². The lowest BCUT2D eigenvalue weighted by Crippen LogP contribution is -2.51. The Morgan fingerprint density at radius 1 is 0.864 bits per heavy atom. The predicted molar refractivity (Wildman–Crippen MR) is 245 cm³/mol. The van der Waals surface area contributed by atoms with Crippen LogP contribution in [-0.4, -0.2) is 91.6 Å². The highest BCUT2D eigenvalue weighted by Crippen LogP contribution is 2.51. The number of aromatic nitrogens is 4. The molecule has 3 fully saturated rings. The van der Waals surface area contributed by atoms with Gasteiger partial charge in [0.05, 0.1) is 49.2 Å². The first-order valence-electron chi connectivity index (χ1n) is 22.6. The molecular formula is C50H53N9O7. The lowest BCUT2D eigenvalue weighted by atomic mass is 9.92. The SMILES string of the molecule is COC(=O)N[C@H](C(=O)N1CCC[C@H]1c1ncc(-c2ccc3c(c2)OCc2cc(-c4ccc5nc([C@@H]6[C@H]7CC[C@H](C7)N6C(=O)[C@@H](c6ccccc6)N(N)C(=O)OC)[nH]c5c4)ccc2-3)[nH]1)C(C)C. The number of rotatable bonds is 10. The van der Waals surface area contributed by atoms with Crippen LogP contribution in [0.3, 0.4) is 0 Å². The molecule has 4 amide bonds. The Morgan fingerprint density at radius 2 is 1.64 bits per heavy atom. The second kappa shape index (κ2) is 17.3. The normalized spacial score (nSPS) is 20.4. The van der Waals surface area contributed by atoms with Crippen molar-refractivity contribution in [1.82, 2.24) is 40.1 Å². The van der Waals surface area contributed by atoms with Gasteiger partial charge in [-0.3, -0.25) is 9.59 Å². The van der Waals surface area contributed by atoms with Crippen LogP contribution in [0.1, 0.15) is 86.9 Å². The minimum atomic E-state index is -1.06. The molecule has 340 valence electrons. The van der Waals surface area contributed by atoms with E-state index in [9.17, 15) is 19.2 Å². The number of hydrazine groups is 1. The first-order chi connectivity index (χ1) is 32.0. The maximum absolute atomic E-state index is 14.6. The van der Waals surface area contributed by atoms with Gasteiger partial charge in [0, 0.05) is 23.7 Å². The number of piperidine rings is 1. The van der Waals surface area contributed by atoms with Crippen LogP contribution < -0.4 is 15.9 Å². The maximum Gasteiger partial charge on any atom is 0.424 e. The first-order valence-corrected chi connectivity index (χ1v) is 22.6. The van der Waals surface area contributed by atoms with E-state index in [2.05, 4.69) is 57.7 Å². The van der Waals surface area contributed by atoms with Crippen LogP contribution in [0, 0.1) is 11.8 Å². The van der Waals surface area contributed by atoms with Crippen molar-refractivity contribution in [3.8, 4) is 39.3 Å². The number of carbonyl (C=O) groups excluding carboxylic acids is 4. The summed E-state index contributed by atoms with van der Waals surface area (Å²) in [7, 11) is 2.54. The van der Waals surface area contributed by atoms with E-state index in [-0.39, 0.29) is 41.8 Å². The summed E-state index contributed by atoms with van der Waals surface area (Å²) in [6.45, 7) is 4.77. The molecule has 5 heterocycles. The third-order valence-corrected chi connectivity index (χ3v) is 13.9. The van der Waals surface area contributed by atoms with Gasteiger partial charge < -0.3 is 39.3 Å². The number of aromatic amines is 2. The van der Waals surface area contributed by atoms with Gasteiger partial charge in [0.15, 0.2) is 6.04 Å². The van der Waals surface area contributed by atoms with E-state index in [4.69, 9.17) is 30.0 Å². The number of amides is 4. The molecule has 2 aromatic heterocycles. The van der Waals surface area contributed by atoms with Crippen LogP contribution in [0.2, 0.25) is 0 Å². The number of alkyl carbamates (subject to hydrolysis) is 1. The molecular weight excluding hydrogens is 839 g/mol. The molecule has 2 saturated heterocycles. The standard InChI is InChI=1S/C50H53N9O7/c1-27(2)42(56-49(62)64-3)47(60)57-20-8-11-40(57)45-52-25-39(55-45)31-14-18-36-35-17-13-29(21-33(35)26-66-41(36)24-31)30-15-19-37-38(23-30)54-46(53-37)43-32-12-16-34(22-32)58(43)48(61)44(59(51)50(63)65-4)28-9-6-5-7-10-28/h5-7,9-10,13-15,17-19,21,23-25,27,32,34,40,42-44H,8,11-12,16,20,22,26,51H2,1-4H3,(H,52,55)(H,53,54)(H,56,62)/t32-,34+,40-,42-,43-,44+/m0/s1. The zero-order valence-electron chi connectivity index (χ0n) is 37.3. The smallest absolute Gasteiger partial charge is 0.424 e. The van der Waals surface area contributed by atoms with Crippen molar-refractivity contribution in [1.29, 1.82) is 0 Å². The quantitative estimate of drug-likeness (QED) is 0.0594. The highest BCUT2D eigenvalue weighted by molar-refractivity contribution is 5.89. The van der Waals surface area contributed by atoms with Crippen LogP contribution in [0.5, 0.6) is 5.75 Å². The average molecular weight is 892 g/mol. The highest BCUT2D eigenvalue weighted by atomic mass is 16.5. The molecule has 1 saturated carbocycles. The fourth-order valence-corrected chi connectivity index (χ4v) is 10.6. The zero-order valence-corrected chi connectivity index (χ0v) is 37.3. The van der Waals surface area contributed by atoms with Gasteiger partial charge >= 0.3 is 12.2 Å². The third-order valence-electron chi connectivity index (χ3n) is 13.9. The molecule has 2 bridgehead atoms. The molecule has 6 aromatic rings. The molecule has 5 N–H and O–H groups in total. The van der Waals surface area contributed by atoms with Gasteiger partial charge in [-0.25, -0.2) is 30.4 Å². The Bertz CT molecular complexity index is 2840. The van der Waals surface area contributed by atoms with E-state index in [1.165, 1.54) is 14.2 Å². The molecule has 16 heteroatoms. The molecule has 0 spiro atoms. The summed E-state index contributed by atoms with van der Waals surface area (Å²) in [4.78, 5) is 73.5. The second-order valence-corrected chi connectivity index (χ2v) is 18.1. The number of fused-ring (bicyclic) bond motifs is 6. The van der Waals surface area contributed by atoms with E-state index in [0.29, 0.717) is 24.5 Å². The van der Waals surface area contributed by atoms with Crippen molar-refractivity contribution in [2.75, 3.05) is 20.8 Å². The van der Waals surface area contributed by atoms with Crippen molar-refractivity contribution in [3.63, 3.8) is 0 Å². The molecule has 0 radical (unpaired) electrons. The van der Waals surface area contributed by atoms with Crippen LogP contribution in [0.15, 0.2) is 91.1 Å². The minimum absolute atomic E-state index is 0.00998. The first kappa shape index (κ1) is 42.7. The van der Waals surface area contributed by atoms with Gasteiger partial charge in [-0.15, -0.1) is 0 Å².